The second-order valence-corrected chi connectivity index (χ2v) is 13.2. The van der Waals surface area contributed by atoms with Gasteiger partial charge in [0.25, 0.3) is 0 Å². The Bertz CT molecular complexity index is 879. The normalized spacial score (nSPS) is 29.3. The molecule has 0 aromatic carbocycles. The molecule has 1 spiro atoms. The molecule has 38 heavy (non-hydrogen) atoms. The average Bonchev–Trinajstić information content (AvgIpc) is 3.52. The molecule has 0 aliphatic carbocycles. The summed E-state index contributed by atoms with van der Waals surface area (Å²) in [6, 6.07) is -1.19. The van der Waals surface area contributed by atoms with Crippen molar-refractivity contribution < 1.29 is 24.2 Å². The van der Waals surface area contributed by atoms with Gasteiger partial charge in [0.05, 0.1) is 35.8 Å². The number of amides is 2. The third-order valence-corrected chi connectivity index (χ3v) is 10.4. The van der Waals surface area contributed by atoms with Crippen LogP contribution in [0.2, 0.25) is 0 Å². The van der Waals surface area contributed by atoms with Gasteiger partial charge in [-0.05, 0) is 57.8 Å². The molecule has 3 fully saturated rings. The van der Waals surface area contributed by atoms with Crippen LogP contribution in [0.5, 0.6) is 0 Å². The molecule has 0 saturated carbocycles. The first-order valence-corrected chi connectivity index (χ1v) is 15.4. The van der Waals surface area contributed by atoms with Gasteiger partial charge in [-0.2, -0.15) is 0 Å². The summed E-state index contributed by atoms with van der Waals surface area (Å²) < 4.78 is 5.02. The van der Waals surface area contributed by atoms with Crippen LogP contribution in [-0.2, 0) is 19.1 Å². The molecule has 7 nitrogen and oxygen atoms in total. The molecule has 0 aromatic rings. The van der Waals surface area contributed by atoms with E-state index in [1.165, 1.54) is 0 Å². The Morgan fingerprint density at radius 1 is 1.26 bits per heavy atom. The largest absolute Gasteiger partial charge is 0.465 e. The topological polar surface area (TPSA) is 87.1 Å². The zero-order valence-electron chi connectivity index (χ0n) is 23.8. The van der Waals surface area contributed by atoms with Gasteiger partial charge in [0.2, 0.25) is 11.8 Å². The Balaban J connectivity index is 1.98. The van der Waals surface area contributed by atoms with Crippen molar-refractivity contribution in [3.63, 3.8) is 0 Å². The van der Waals surface area contributed by atoms with Crippen molar-refractivity contribution in [2.75, 3.05) is 19.8 Å². The summed E-state index contributed by atoms with van der Waals surface area (Å²) in [5.41, 5.74) is 0. The van der Waals surface area contributed by atoms with Gasteiger partial charge in [-0.3, -0.25) is 14.4 Å². The first-order valence-electron chi connectivity index (χ1n) is 14.5. The third kappa shape index (κ3) is 5.86. The SMILES string of the molecule is C=CCCCCOC(=O)[C@@H]1[C@H]2C(=O)N([C@@H](CO)CC(C)C)C(C(=O)N(CC=C)C(C)CCC)C23CC[C@H]1S3. The van der Waals surface area contributed by atoms with Crippen LogP contribution < -0.4 is 0 Å². The Kier molecular flexibility index (Phi) is 10.9. The Labute approximate surface area is 233 Å². The fourth-order valence-corrected chi connectivity index (χ4v) is 9.06. The number of unbranched alkanes of at least 4 members (excludes halogenated alkanes) is 2. The summed E-state index contributed by atoms with van der Waals surface area (Å²) in [7, 11) is 0. The molecule has 2 amide bonds. The van der Waals surface area contributed by atoms with Crippen LogP contribution in [-0.4, -0.2) is 80.6 Å². The molecule has 3 aliphatic heterocycles. The van der Waals surface area contributed by atoms with E-state index in [9.17, 15) is 19.5 Å². The Morgan fingerprint density at radius 3 is 2.61 bits per heavy atom. The lowest BCUT2D eigenvalue weighted by Crippen LogP contribution is -2.59. The number of ether oxygens (including phenoxy) is 1. The van der Waals surface area contributed by atoms with Gasteiger partial charge in [-0.25, -0.2) is 0 Å². The molecule has 3 aliphatic rings. The molecular formula is C30H48N2O5S. The Hall–Kier alpha value is -1.80. The lowest BCUT2D eigenvalue weighted by atomic mass is 9.71. The lowest BCUT2D eigenvalue weighted by Gasteiger charge is -2.41. The highest BCUT2D eigenvalue weighted by Crippen LogP contribution is 2.67. The van der Waals surface area contributed by atoms with E-state index in [0.29, 0.717) is 26.0 Å². The molecule has 3 saturated heterocycles. The number of hydrogen-bond acceptors (Lipinski definition) is 6. The maximum Gasteiger partial charge on any atom is 0.310 e. The van der Waals surface area contributed by atoms with E-state index in [4.69, 9.17) is 4.74 Å². The van der Waals surface area contributed by atoms with Gasteiger partial charge < -0.3 is 19.6 Å². The van der Waals surface area contributed by atoms with Crippen molar-refractivity contribution in [2.45, 2.75) is 107 Å². The summed E-state index contributed by atoms with van der Waals surface area (Å²) in [5.74, 6) is -1.50. The molecule has 2 bridgehead atoms. The van der Waals surface area contributed by atoms with E-state index in [0.717, 1.165) is 38.5 Å². The molecule has 3 rings (SSSR count). The minimum atomic E-state index is -0.712. The van der Waals surface area contributed by atoms with Crippen LogP contribution in [0.25, 0.3) is 0 Å². The highest BCUT2D eigenvalue weighted by Gasteiger charge is 2.74. The van der Waals surface area contributed by atoms with Gasteiger partial charge >= 0.3 is 5.97 Å². The molecule has 3 heterocycles. The number of carbonyl (C=O) groups is 3. The van der Waals surface area contributed by atoms with Gasteiger partial charge in [-0.1, -0.05) is 39.3 Å². The minimum Gasteiger partial charge on any atom is -0.465 e. The van der Waals surface area contributed by atoms with Crippen LogP contribution in [0.1, 0.15) is 79.1 Å². The number of esters is 1. The molecule has 214 valence electrons. The van der Waals surface area contributed by atoms with E-state index < -0.39 is 28.7 Å². The highest BCUT2D eigenvalue weighted by atomic mass is 32.2. The summed E-state index contributed by atoms with van der Waals surface area (Å²) in [5, 5.41) is 10.4. The first kappa shape index (κ1) is 30.7. The predicted octanol–water partition coefficient (Wildman–Crippen LogP) is 4.59. The van der Waals surface area contributed by atoms with Gasteiger partial charge in [0.15, 0.2) is 0 Å². The second-order valence-electron chi connectivity index (χ2n) is 11.6. The van der Waals surface area contributed by atoms with E-state index >= 15 is 0 Å². The van der Waals surface area contributed by atoms with E-state index in [2.05, 4.69) is 33.9 Å². The van der Waals surface area contributed by atoms with Gasteiger partial charge in [0, 0.05) is 17.8 Å². The number of fused-ring (bicyclic) bond motifs is 1. The number of aliphatic hydroxyl groups excluding tert-OH is 1. The van der Waals surface area contributed by atoms with E-state index in [1.54, 1.807) is 22.7 Å². The molecule has 3 unspecified atom stereocenters. The first-order chi connectivity index (χ1) is 18.2. The monoisotopic (exact) mass is 548 g/mol. The molecule has 0 radical (unpaired) electrons. The third-order valence-electron chi connectivity index (χ3n) is 8.49. The summed E-state index contributed by atoms with van der Waals surface area (Å²) >= 11 is 1.65. The average molecular weight is 549 g/mol. The Morgan fingerprint density at radius 2 is 2.00 bits per heavy atom. The summed E-state index contributed by atoms with van der Waals surface area (Å²) in [4.78, 5) is 45.6. The number of aliphatic hydroxyl groups is 1. The van der Waals surface area contributed by atoms with Crippen LogP contribution in [0.3, 0.4) is 0 Å². The van der Waals surface area contributed by atoms with Crippen LogP contribution >= 0.6 is 11.8 Å². The van der Waals surface area contributed by atoms with Gasteiger partial charge in [-0.15, -0.1) is 24.9 Å². The fraction of sp³-hybridized carbons (Fsp3) is 0.767. The zero-order valence-corrected chi connectivity index (χ0v) is 24.6. The number of thioether (sulfide) groups is 1. The summed E-state index contributed by atoms with van der Waals surface area (Å²) in [6.45, 7) is 16.4. The number of hydrogen-bond donors (Lipinski definition) is 1. The summed E-state index contributed by atoms with van der Waals surface area (Å²) in [6.07, 6.45) is 9.99. The number of nitrogens with zero attached hydrogens (tertiary/aromatic N) is 2. The number of rotatable bonds is 16. The maximum atomic E-state index is 14.5. The smallest absolute Gasteiger partial charge is 0.310 e. The molecular weight excluding hydrogens is 500 g/mol. The maximum absolute atomic E-state index is 14.5. The number of carbonyl (C=O) groups excluding carboxylic acids is 3. The zero-order chi connectivity index (χ0) is 28.0. The van der Waals surface area contributed by atoms with Crippen LogP contribution in [0.4, 0.5) is 0 Å². The molecule has 8 heteroatoms. The molecule has 0 aromatic heterocycles. The van der Waals surface area contributed by atoms with E-state index in [-0.39, 0.29) is 41.6 Å². The highest BCUT2D eigenvalue weighted by molar-refractivity contribution is 8.02. The fourth-order valence-electron chi connectivity index (χ4n) is 6.87. The van der Waals surface area contributed by atoms with Crippen LogP contribution in [0, 0.1) is 17.8 Å². The van der Waals surface area contributed by atoms with E-state index in [1.807, 2.05) is 17.9 Å². The lowest BCUT2D eigenvalue weighted by molar-refractivity contribution is -0.154. The minimum absolute atomic E-state index is 0.00416. The quantitative estimate of drug-likeness (QED) is 0.173. The second kappa shape index (κ2) is 13.5. The van der Waals surface area contributed by atoms with Crippen molar-refractivity contribution in [1.29, 1.82) is 0 Å². The van der Waals surface area contributed by atoms with Crippen LogP contribution in [0.15, 0.2) is 25.3 Å². The molecule has 1 N–H and O–H groups in total. The van der Waals surface area contributed by atoms with Crippen molar-refractivity contribution in [2.24, 2.45) is 17.8 Å². The van der Waals surface area contributed by atoms with Crippen molar-refractivity contribution >= 4 is 29.5 Å². The number of likely N-dealkylation sites (tertiary alicyclic amines) is 1. The predicted molar refractivity (Wildman–Crippen MR) is 153 cm³/mol. The van der Waals surface area contributed by atoms with Gasteiger partial charge in [0.1, 0.15) is 6.04 Å². The molecule has 7 atom stereocenters. The van der Waals surface area contributed by atoms with Crippen molar-refractivity contribution in [3.05, 3.63) is 25.3 Å². The standard InChI is InChI=1S/C30H48N2O5S/c1-7-10-11-12-17-37-29(36)24-23-14-15-30(38-23)25(24)27(34)32(22(19-33)18-20(4)5)26(30)28(35)31(16-9-3)21(6)13-8-2/h7,9,20-26,33H,1,3,8,10-19H2,2,4-6H3/t21?,22-,23-,24+,25+,26?,30?/m1/s1. The van der Waals surface area contributed by atoms with Crippen molar-refractivity contribution in [1.82, 2.24) is 9.80 Å². The van der Waals surface area contributed by atoms with Crippen molar-refractivity contribution in [3.8, 4) is 0 Å². The number of allylic oxidation sites excluding steroid dienone is 1.